The average molecular weight is 210 g/mol. The van der Waals surface area contributed by atoms with Crippen molar-refractivity contribution in [3.63, 3.8) is 0 Å². The van der Waals surface area contributed by atoms with E-state index in [1.165, 1.54) is 5.56 Å². The minimum Gasteiger partial charge on any atom is -0.192 e. The van der Waals surface area contributed by atoms with Crippen LogP contribution in [-0.4, -0.2) is 0 Å². The van der Waals surface area contributed by atoms with Crippen molar-refractivity contribution in [3.8, 4) is 6.07 Å². The van der Waals surface area contributed by atoms with Gasteiger partial charge in [-0.1, -0.05) is 28.1 Å². The summed E-state index contributed by atoms with van der Waals surface area (Å²) in [5.41, 5.74) is 1.91. The Hall–Kier alpha value is -0.850. The van der Waals surface area contributed by atoms with Crippen LogP contribution in [0.4, 0.5) is 0 Å². The van der Waals surface area contributed by atoms with Gasteiger partial charge in [0.25, 0.3) is 0 Å². The Labute approximate surface area is 74.6 Å². The molecule has 0 atom stereocenters. The van der Waals surface area contributed by atoms with Gasteiger partial charge < -0.3 is 0 Å². The van der Waals surface area contributed by atoms with E-state index in [1.807, 2.05) is 24.3 Å². The molecule has 0 unspecified atom stereocenters. The zero-order valence-corrected chi connectivity index (χ0v) is 7.37. The van der Waals surface area contributed by atoms with Crippen molar-refractivity contribution in [2.45, 2.75) is 5.33 Å². The second-order valence-electron chi connectivity index (χ2n) is 1.94. The SMILES string of the molecule is N#Cc1ccc(CBr)cc1.[N]. The Kier molecular flexibility index (Phi) is 4.51. The second-order valence-corrected chi connectivity index (χ2v) is 2.50. The number of nitriles is 1. The number of nitrogens with zero attached hydrogens (tertiary/aromatic N) is 2. The molecule has 1 rings (SSSR count). The maximum absolute atomic E-state index is 8.44. The number of benzene rings is 1. The third kappa shape index (κ3) is 2.71. The fourth-order valence-electron chi connectivity index (χ4n) is 0.668. The van der Waals surface area contributed by atoms with E-state index in [0.29, 0.717) is 5.56 Å². The molecule has 0 saturated heterocycles. The van der Waals surface area contributed by atoms with Gasteiger partial charge in [0.15, 0.2) is 0 Å². The predicted molar refractivity (Wildman–Crippen MR) is 45.9 cm³/mol. The first-order valence-electron chi connectivity index (χ1n) is 2.92. The van der Waals surface area contributed by atoms with Gasteiger partial charge in [0.05, 0.1) is 11.6 Å². The standard InChI is InChI=1S/C8H6BrN.N/c9-5-7-1-3-8(6-10)4-2-7;/h1-4H,5H2;. The fourth-order valence-corrected chi connectivity index (χ4v) is 1.04. The molecule has 0 saturated carbocycles. The number of halogens is 1. The van der Waals surface area contributed by atoms with Crippen LogP contribution >= 0.6 is 15.9 Å². The highest BCUT2D eigenvalue weighted by atomic mass is 79.9. The zero-order valence-electron chi connectivity index (χ0n) is 5.79. The van der Waals surface area contributed by atoms with Gasteiger partial charge in [0, 0.05) is 11.5 Å². The second kappa shape index (κ2) is 4.89. The quantitative estimate of drug-likeness (QED) is 0.653. The van der Waals surface area contributed by atoms with E-state index in [0.717, 1.165) is 5.33 Å². The van der Waals surface area contributed by atoms with Crippen LogP contribution in [0.5, 0.6) is 0 Å². The lowest BCUT2D eigenvalue weighted by Gasteiger charge is -1.92. The van der Waals surface area contributed by atoms with E-state index >= 15 is 0 Å². The smallest absolute Gasteiger partial charge is 0.0991 e. The summed E-state index contributed by atoms with van der Waals surface area (Å²) in [6.07, 6.45) is 0. The van der Waals surface area contributed by atoms with E-state index in [1.54, 1.807) is 0 Å². The largest absolute Gasteiger partial charge is 0.192 e. The number of hydrogen-bond acceptors (Lipinski definition) is 1. The summed E-state index contributed by atoms with van der Waals surface area (Å²) in [4.78, 5) is 0. The van der Waals surface area contributed by atoms with Crippen LogP contribution in [0.25, 0.3) is 0 Å². The average Bonchev–Trinajstić information content (AvgIpc) is 2.05. The van der Waals surface area contributed by atoms with Gasteiger partial charge in [-0.15, -0.1) is 0 Å². The molecule has 55 valence electrons. The zero-order chi connectivity index (χ0) is 7.40. The number of hydrogen-bond donors (Lipinski definition) is 0. The molecular formula is C8H6BrN2. The molecular weight excluding hydrogens is 204 g/mol. The molecule has 11 heavy (non-hydrogen) atoms. The first-order chi connectivity index (χ1) is 4.86. The molecule has 0 amide bonds. The molecule has 0 bridgehead atoms. The molecule has 2 nitrogen and oxygen atoms in total. The normalized spacial score (nSPS) is 8.00. The maximum atomic E-state index is 8.44. The minimum atomic E-state index is 0. The van der Waals surface area contributed by atoms with Gasteiger partial charge in [0.1, 0.15) is 0 Å². The molecule has 0 spiro atoms. The Morgan fingerprint density at radius 1 is 1.27 bits per heavy atom. The minimum absolute atomic E-state index is 0. The maximum Gasteiger partial charge on any atom is 0.0991 e. The van der Waals surface area contributed by atoms with E-state index in [-0.39, 0.29) is 6.15 Å². The van der Waals surface area contributed by atoms with Crippen molar-refractivity contribution >= 4 is 15.9 Å². The molecule has 0 aromatic heterocycles. The van der Waals surface area contributed by atoms with Crippen LogP contribution in [0.1, 0.15) is 11.1 Å². The van der Waals surface area contributed by atoms with Crippen molar-refractivity contribution in [1.29, 1.82) is 5.26 Å². The van der Waals surface area contributed by atoms with Crippen molar-refractivity contribution < 1.29 is 0 Å². The van der Waals surface area contributed by atoms with E-state index in [2.05, 4.69) is 22.0 Å². The summed E-state index contributed by atoms with van der Waals surface area (Å²) >= 11 is 3.32. The number of alkyl halides is 1. The van der Waals surface area contributed by atoms with Crippen LogP contribution in [-0.2, 0) is 5.33 Å². The van der Waals surface area contributed by atoms with Crippen molar-refractivity contribution in [2.24, 2.45) is 0 Å². The number of rotatable bonds is 1. The highest BCUT2D eigenvalue weighted by molar-refractivity contribution is 9.08. The van der Waals surface area contributed by atoms with Gasteiger partial charge in [-0.2, -0.15) is 5.26 Å². The summed E-state index contributed by atoms with van der Waals surface area (Å²) < 4.78 is 0. The molecule has 0 N–H and O–H groups in total. The first kappa shape index (κ1) is 10.2. The van der Waals surface area contributed by atoms with Crippen LogP contribution in [0, 0.1) is 11.3 Å². The molecule has 1 aromatic rings. The van der Waals surface area contributed by atoms with E-state index < -0.39 is 0 Å². The van der Waals surface area contributed by atoms with Crippen molar-refractivity contribution in [1.82, 2.24) is 6.15 Å². The Morgan fingerprint density at radius 2 is 1.82 bits per heavy atom. The summed E-state index contributed by atoms with van der Waals surface area (Å²) in [5.74, 6) is 0. The molecule has 0 aliphatic heterocycles. The lowest BCUT2D eigenvalue weighted by molar-refractivity contribution is 1.41. The van der Waals surface area contributed by atoms with Crippen LogP contribution in [0.3, 0.4) is 0 Å². The summed E-state index contributed by atoms with van der Waals surface area (Å²) in [7, 11) is 0. The molecule has 0 aliphatic rings. The van der Waals surface area contributed by atoms with Crippen LogP contribution < -0.4 is 6.15 Å². The topological polar surface area (TPSA) is 54.3 Å². The third-order valence-electron chi connectivity index (χ3n) is 1.24. The van der Waals surface area contributed by atoms with Crippen molar-refractivity contribution in [2.75, 3.05) is 0 Å². The molecule has 0 heterocycles. The molecule has 0 aliphatic carbocycles. The van der Waals surface area contributed by atoms with Gasteiger partial charge >= 0.3 is 0 Å². The molecule has 1 aromatic carbocycles. The van der Waals surface area contributed by atoms with E-state index in [9.17, 15) is 0 Å². The van der Waals surface area contributed by atoms with Gasteiger partial charge in [0.2, 0.25) is 0 Å². The lowest BCUT2D eigenvalue weighted by Crippen LogP contribution is -1.76. The Bertz CT molecular complexity index is 248. The van der Waals surface area contributed by atoms with Gasteiger partial charge in [-0.05, 0) is 17.7 Å². The monoisotopic (exact) mass is 209 g/mol. The van der Waals surface area contributed by atoms with Crippen LogP contribution in [0.2, 0.25) is 0 Å². The lowest BCUT2D eigenvalue weighted by atomic mass is 10.2. The third-order valence-corrected chi connectivity index (χ3v) is 1.88. The summed E-state index contributed by atoms with van der Waals surface area (Å²) in [6, 6.07) is 9.57. The fraction of sp³-hybridized carbons (Fsp3) is 0.125. The summed E-state index contributed by atoms with van der Waals surface area (Å²) in [6.45, 7) is 0. The molecule has 0 fully saturated rings. The summed E-state index contributed by atoms with van der Waals surface area (Å²) in [5, 5.41) is 9.29. The van der Waals surface area contributed by atoms with Gasteiger partial charge in [-0.3, -0.25) is 0 Å². The molecule has 3 heteroatoms. The predicted octanol–water partition coefficient (Wildman–Crippen LogP) is 1.97. The molecule has 3 radical (unpaired) electrons. The van der Waals surface area contributed by atoms with Crippen molar-refractivity contribution in [3.05, 3.63) is 35.4 Å². The Morgan fingerprint density at radius 3 is 2.18 bits per heavy atom. The Balaban J connectivity index is 0.000001000. The highest BCUT2D eigenvalue weighted by Crippen LogP contribution is 2.06. The van der Waals surface area contributed by atoms with Crippen LogP contribution in [0.15, 0.2) is 24.3 Å². The first-order valence-corrected chi connectivity index (χ1v) is 4.04. The van der Waals surface area contributed by atoms with Gasteiger partial charge in [-0.25, -0.2) is 0 Å². The van der Waals surface area contributed by atoms with E-state index in [4.69, 9.17) is 5.26 Å². The highest BCUT2D eigenvalue weighted by Gasteiger charge is 1.89.